The molecule has 0 aliphatic rings. The number of Topliss-reactive ketones (excluding diaryl/α,β-unsaturated/α-hetero) is 1. The quantitative estimate of drug-likeness (QED) is 0.276. The summed E-state index contributed by atoms with van der Waals surface area (Å²) in [5.41, 5.74) is 1.64. The maximum atomic E-state index is 12.2. The number of allylic oxidation sites excluding steroid dienone is 1. The lowest BCUT2D eigenvalue weighted by Crippen LogP contribution is -2.18. The Balaban J connectivity index is 1.84. The standard InChI is InChI=1S/C19H16N4O4/c1-10(24)12-7-16(21-9-12)19(26)27-11(2)17(25)13(8-20)18-22-14-5-3-4-6-15(14)23-18/h3-7,9,11,21,25H,1-2H3,(H,22,23)/b17-13-/t11-/m0/s1. The molecule has 0 aliphatic carbocycles. The zero-order valence-corrected chi connectivity index (χ0v) is 14.6. The Bertz CT molecular complexity index is 1070. The number of aromatic nitrogens is 3. The Hall–Kier alpha value is -3.86. The van der Waals surface area contributed by atoms with Crippen LogP contribution >= 0.6 is 0 Å². The van der Waals surface area contributed by atoms with Crippen LogP contribution in [0.1, 0.15) is 40.5 Å². The third kappa shape index (κ3) is 3.57. The van der Waals surface area contributed by atoms with Crippen molar-refractivity contribution in [1.82, 2.24) is 15.0 Å². The minimum Gasteiger partial charge on any atom is -0.507 e. The molecule has 0 saturated heterocycles. The van der Waals surface area contributed by atoms with Gasteiger partial charge in [0.05, 0.1) is 11.0 Å². The molecule has 3 rings (SSSR count). The van der Waals surface area contributed by atoms with E-state index in [0.717, 1.165) is 0 Å². The molecule has 1 atom stereocenters. The van der Waals surface area contributed by atoms with E-state index in [-0.39, 0.29) is 22.9 Å². The topological polar surface area (TPSA) is 132 Å². The summed E-state index contributed by atoms with van der Waals surface area (Å²) in [6.07, 6.45) is 0.304. The van der Waals surface area contributed by atoms with Crippen molar-refractivity contribution in [3.63, 3.8) is 0 Å². The fourth-order valence-electron chi connectivity index (χ4n) is 2.50. The van der Waals surface area contributed by atoms with Crippen LogP contribution in [0.15, 0.2) is 42.3 Å². The molecule has 27 heavy (non-hydrogen) atoms. The first-order valence-electron chi connectivity index (χ1n) is 8.09. The van der Waals surface area contributed by atoms with E-state index in [1.165, 1.54) is 26.1 Å². The van der Waals surface area contributed by atoms with Crippen molar-refractivity contribution in [3.8, 4) is 6.07 Å². The molecule has 3 aromatic rings. The van der Waals surface area contributed by atoms with E-state index < -0.39 is 17.8 Å². The van der Waals surface area contributed by atoms with Gasteiger partial charge >= 0.3 is 5.97 Å². The number of nitrogens with zero attached hydrogens (tertiary/aromatic N) is 2. The summed E-state index contributed by atoms with van der Waals surface area (Å²) in [5.74, 6) is -1.21. The highest BCUT2D eigenvalue weighted by Gasteiger charge is 2.22. The number of aliphatic hydroxyl groups is 1. The van der Waals surface area contributed by atoms with Crippen molar-refractivity contribution in [2.24, 2.45) is 0 Å². The normalized spacial score (nSPS) is 12.9. The van der Waals surface area contributed by atoms with Crippen molar-refractivity contribution in [2.45, 2.75) is 20.0 Å². The molecule has 8 heteroatoms. The van der Waals surface area contributed by atoms with Crippen LogP contribution in [-0.2, 0) is 4.74 Å². The number of benzene rings is 1. The highest BCUT2D eigenvalue weighted by atomic mass is 16.6. The SMILES string of the molecule is CC(=O)c1c[nH]c(C(=O)O[C@@H](C)/C(O)=C(\C#N)c2nc3ccccc3[nH]2)c1. The second-order valence-electron chi connectivity index (χ2n) is 5.88. The molecule has 0 saturated carbocycles. The van der Waals surface area contributed by atoms with Crippen LogP contribution in [0, 0.1) is 11.3 Å². The Morgan fingerprint density at radius 3 is 2.70 bits per heavy atom. The fourth-order valence-corrected chi connectivity index (χ4v) is 2.50. The molecule has 0 amide bonds. The summed E-state index contributed by atoms with van der Waals surface area (Å²) in [6.45, 7) is 2.81. The third-order valence-corrected chi connectivity index (χ3v) is 3.97. The summed E-state index contributed by atoms with van der Waals surface area (Å²) in [5, 5.41) is 19.8. The number of rotatable bonds is 5. The number of aromatic amines is 2. The van der Waals surface area contributed by atoms with E-state index >= 15 is 0 Å². The lowest BCUT2D eigenvalue weighted by atomic mass is 10.1. The first kappa shape index (κ1) is 17.9. The highest BCUT2D eigenvalue weighted by molar-refractivity contribution is 5.97. The van der Waals surface area contributed by atoms with Crippen molar-refractivity contribution in [2.75, 3.05) is 0 Å². The van der Waals surface area contributed by atoms with Gasteiger partial charge in [0.25, 0.3) is 0 Å². The summed E-state index contributed by atoms with van der Waals surface area (Å²) < 4.78 is 5.19. The van der Waals surface area contributed by atoms with Crippen LogP contribution in [-0.4, -0.2) is 37.9 Å². The fraction of sp³-hybridized carbons (Fsp3) is 0.158. The number of para-hydroxylation sites is 2. The Morgan fingerprint density at radius 2 is 2.07 bits per heavy atom. The van der Waals surface area contributed by atoms with E-state index in [1.54, 1.807) is 18.2 Å². The molecular weight excluding hydrogens is 348 g/mol. The summed E-state index contributed by atoms with van der Waals surface area (Å²) in [6, 6.07) is 10.4. The third-order valence-electron chi connectivity index (χ3n) is 3.97. The largest absolute Gasteiger partial charge is 0.507 e. The molecule has 0 aliphatic heterocycles. The first-order valence-corrected chi connectivity index (χ1v) is 8.09. The van der Waals surface area contributed by atoms with Crippen LogP contribution in [0.5, 0.6) is 0 Å². The number of imidazole rings is 1. The lowest BCUT2D eigenvalue weighted by molar-refractivity contribution is 0.0328. The summed E-state index contributed by atoms with van der Waals surface area (Å²) in [7, 11) is 0. The number of fused-ring (bicyclic) bond motifs is 1. The second kappa shape index (κ2) is 7.17. The number of esters is 1. The van der Waals surface area contributed by atoms with Gasteiger partial charge in [-0.25, -0.2) is 9.78 Å². The van der Waals surface area contributed by atoms with Gasteiger partial charge in [-0.1, -0.05) is 12.1 Å². The average Bonchev–Trinajstić information content (AvgIpc) is 3.29. The van der Waals surface area contributed by atoms with Gasteiger partial charge in [0.1, 0.15) is 17.3 Å². The van der Waals surface area contributed by atoms with Crippen molar-refractivity contribution in [1.29, 1.82) is 5.26 Å². The zero-order valence-electron chi connectivity index (χ0n) is 14.6. The van der Waals surface area contributed by atoms with Crippen LogP contribution < -0.4 is 0 Å². The van der Waals surface area contributed by atoms with Gasteiger partial charge in [-0.15, -0.1) is 0 Å². The van der Waals surface area contributed by atoms with E-state index in [4.69, 9.17) is 4.74 Å². The van der Waals surface area contributed by atoms with E-state index in [0.29, 0.717) is 16.6 Å². The number of nitriles is 1. The zero-order chi connectivity index (χ0) is 19.6. The van der Waals surface area contributed by atoms with E-state index in [1.807, 2.05) is 12.1 Å². The summed E-state index contributed by atoms with van der Waals surface area (Å²) >= 11 is 0. The average molecular weight is 364 g/mol. The molecule has 0 radical (unpaired) electrons. The number of aliphatic hydroxyl groups excluding tert-OH is 1. The summed E-state index contributed by atoms with van der Waals surface area (Å²) in [4.78, 5) is 33.3. The van der Waals surface area contributed by atoms with Crippen molar-refractivity contribution < 1.29 is 19.4 Å². The van der Waals surface area contributed by atoms with Gasteiger partial charge in [-0.3, -0.25) is 4.79 Å². The first-order chi connectivity index (χ1) is 12.9. The number of ketones is 1. The number of ether oxygens (including phenoxy) is 1. The Labute approximate surface area is 154 Å². The van der Waals surface area contributed by atoms with Crippen molar-refractivity contribution in [3.05, 3.63) is 59.4 Å². The van der Waals surface area contributed by atoms with Crippen LogP contribution in [0.3, 0.4) is 0 Å². The van der Waals surface area contributed by atoms with Crippen LogP contribution in [0.2, 0.25) is 0 Å². The predicted molar refractivity (Wildman–Crippen MR) is 96.9 cm³/mol. The number of nitrogens with one attached hydrogen (secondary N) is 2. The number of hydrogen-bond acceptors (Lipinski definition) is 6. The molecule has 2 heterocycles. The Morgan fingerprint density at radius 1 is 1.33 bits per heavy atom. The van der Waals surface area contributed by atoms with Gasteiger partial charge in [-0.2, -0.15) is 5.26 Å². The van der Waals surface area contributed by atoms with Gasteiger partial charge in [0.2, 0.25) is 0 Å². The number of hydrogen-bond donors (Lipinski definition) is 3. The van der Waals surface area contributed by atoms with Gasteiger partial charge < -0.3 is 19.8 Å². The molecule has 0 bridgehead atoms. The highest BCUT2D eigenvalue weighted by Crippen LogP contribution is 2.21. The van der Waals surface area contributed by atoms with Crippen LogP contribution in [0.4, 0.5) is 0 Å². The number of H-pyrrole nitrogens is 2. The van der Waals surface area contributed by atoms with Gasteiger partial charge in [-0.05, 0) is 32.0 Å². The number of carbonyl (C=O) groups is 2. The van der Waals surface area contributed by atoms with Crippen LogP contribution in [0.25, 0.3) is 16.6 Å². The smallest absolute Gasteiger partial charge is 0.355 e. The molecule has 0 spiro atoms. The minimum absolute atomic E-state index is 0.0714. The monoisotopic (exact) mass is 364 g/mol. The van der Waals surface area contributed by atoms with Gasteiger partial charge in [0, 0.05) is 11.8 Å². The molecule has 3 N–H and O–H groups in total. The molecule has 2 aromatic heterocycles. The van der Waals surface area contributed by atoms with Gasteiger partial charge in [0.15, 0.2) is 23.5 Å². The molecule has 136 valence electrons. The molecule has 8 nitrogen and oxygen atoms in total. The minimum atomic E-state index is -1.09. The molecule has 1 aromatic carbocycles. The maximum Gasteiger partial charge on any atom is 0.355 e. The maximum absolute atomic E-state index is 12.2. The predicted octanol–water partition coefficient (Wildman–Crippen LogP) is 3.13. The van der Waals surface area contributed by atoms with E-state index in [9.17, 15) is 20.0 Å². The molecule has 0 unspecified atom stereocenters. The number of carbonyl (C=O) groups excluding carboxylic acids is 2. The lowest BCUT2D eigenvalue weighted by Gasteiger charge is -2.13. The Kier molecular flexibility index (Phi) is 4.77. The second-order valence-corrected chi connectivity index (χ2v) is 5.88. The van der Waals surface area contributed by atoms with Crippen molar-refractivity contribution >= 4 is 28.4 Å². The van der Waals surface area contributed by atoms with E-state index in [2.05, 4.69) is 15.0 Å². The molecule has 0 fully saturated rings. The molecular formula is C19H16N4O4.